The first kappa shape index (κ1) is 23.1. The first-order valence-corrected chi connectivity index (χ1v) is 12.0. The molecule has 1 amide bonds. The van der Waals surface area contributed by atoms with Gasteiger partial charge in [0.05, 0.1) is 25.7 Å². The van der Waals surface area contributed by atoms with E-state index in [-0.39, 0.29) is 11.7 Å². The Morgan fingerprint density at radius 2 is 1.76 bits per heavy atom. The van der Waals surface area contributed by atoms with Gasteiger partial charge in [0.25, 0.3) is 5.91 Å². The van der Waals surface area contributed by atoms with Crippen molar-refractivity contribution in [2.45, 2.75) is 57.5 Å². The molecule has 2 aromatic carbocycles. The topological polar surface area (TPSA) is 65.1 Å². The van der Waals surface area contributed by atoms with Crippen LogP contribution in [0.1, 0.15) is 72.6 Å². The lowest BCUT2D eigenvalue weighted by Crippen LogP contribution is -2.52. The van der Waals surface area contributed by atoms with E-state index in [9.17, 15) is 9.59 Å². The quantitative estimate of drug-likeness (QED) is 0.510. The second-order valence-electron chi connectivity index (χ2n) is 8.97. The van der Waals surface area contributed by atoms with Gasteiger partial charge in [-0.1, -0.05) is 26.2 Å². The van der Waals surface area contributed by atoms with Gasteiger partial charge in [-0.15, -0.1) is 0 Å². The fraction of sp³-hybridized carbons (Fsp3) is 0.481. The summed E-state index contributed by atoms with van der Waals surface area (Å²) in [5.74, 6) is 2.13. The van der Waals surface area contributed by atoms with Crippen molar-refractivity contribution in [2.75, 3.05) is 26.8 Å². The molecule has 2 aliphatic heterocycles. The number of carbonyl (C=O) groups excluding carboxylic acids is 2. The summed E-state index contributed by atoms with van der Waals surface area (Å²) >= 11 is 0. The van der Waals surface area contributed by atoms with E-state index in [4.69, 9.17) is 14.2 Å². The number of piperidine rings is 1. The summed E-state index contributed by atoms with van der Waals surface area (Å²) < 4.78 is 17.3. The molecule has 0 radical (unpaired) electrons. The highest BCUT2D eigenvalue weighted by molar-refractivity contribution is 6.01. The van der Waals surface area contributed by atoms with Crippen LogP contribution in [0, 0.1) is 0 Å². The van der Waals surface area contributed by atoms with Crippen molar-refractivity contribution in [3.63, 3.8) is 0 Å². The van der Waals surface area contributed by atoms with Crippen LogP contribution < -0.4 is 14.2 Å². The third-order valence-corrected chi connectivity index (χ3v) is 6.63. The van der Waals surface area contributed by atoms with Gasteiger partial charge < -0.3 is 19.1 Å². The van der Waals surface area contributed by atoms with E-state index in [1.54, 1.807) is 19.2 Å². The molecule has 2 aliphatic rings. The van der Waals surface area contributed by atoms with Crippen molar-refractivity contribution in [3.05, 3.63) is 53.6 Å². The largest absolute Gasteiger partial charge is 0.497 e. The lowest BCUT2D eigenvalue weighted by molar-refractivity contribution is -0.00576. The minimum Gasteiger partial charge on any atom is -0.497 e. The highest BCUT2D eigenvalue weighted by atomic mass is 16.5. The zero-order valence-corrected chi connectivity index (χ0v) is 19.6. The monoisotopic (exact) mass is 451 g/mol. The predicted molar refractivity (Wildman–Crippen MR) is 127 cm³/mol. The summed E-state index contributed by atoms with van der Waals surface area (Å²) in [5, 5.41) is 0. The number of unbranched alkanes of at least 4 members (excludes halogenated alkanes) is 3. The number of amides is 1. The number of benzene rings is 2. The molecule has 6 heteroatoms. The number of likely N-dealkylation sites (tertiary alicyclic amines) is 1. The number of hydrogen-bond acceptors (Lipinski definition) is 5. The van der Waals surface area contributed by atoms with Crippen LogP contribution in [0.5, 0.6) is 17.2 Å². The molecule has 1 fully saturated rings. The molecular weight excluding hydrogens is 418 g/mol. The maximum atomic E-state index is 13.0. The van der Waals surface area contributed by atoms with Gasteiger partial charge in [0.1, 0.15) is 22.8 Å². The Balaban J connectivity index is 1.32. The van der Waals surface area contributed by atoms with E-state index in [0.29, 0.717) is 61.6 Å². The highest BCUT2D eigenvalue weighted by Crippen LogP contribution is 2.40. The van der Waals surface area contributed by atoms with Crippen molar-refractivity contribution in [1.29, 1.82) is 0 Å². The van der Waals surface area contributed by atoms with Crippen molar-refractivity contribution < 1.29 is 23.8 Å². The standard InChI is InChI=1S/C27H33NO5/c1-3-4-5-6-17-32-21-9-7-20(8-10-21)26(30)28-15-13-27(14-16-28)19-24(29)23-18-22(31-2)11-12-25(23)33-27/h7-12,18H,3-6,13-17,19H2,1-2H3. The van der Waals surface area contributed by atoms with Gasteiger partial charge in [0.2, 0.25) is 0 Å². The number of methoxy groups -OCH3 is 1. The van der Waals surface area contributed by atoms with Gasteiger partial charge in [-0.25, -0.2) is 0 Å². The van der Waals surface area contributed by atoms with E-state index in [0.717, 1.165) is 12.2 Å². The molecule has 0 bridgehead atoms. The first-order valence-electron chi connectivity index (χ1n) is 12.0. The average Bonchev–Trinajstić information content (AvgIpc) is 2.84. The molecule has 2 heterocycles. The van der Waals surface area contributed by atoms with Crippen molar-refractivity contribution in [1.82, 2.24) is 4.90 Å². The summed E-state index contributed by atoms with van der Waals surface area (Å²) in [6.45, 7) is 4.02. The van der Waals surface area contributed by atoms with Crippen LogP contribution in [-0.4, -0.2) is 49.0 Å². The molecule has 0 saturated carbocycles. The van der Waals surface area contributed by atoms with Crippen molar-refractivity contribution in [3.8, 4) is 17.2 Å². The molecule has 0 unspecified atom stereocenters. The number of Topliss-reactive ketones (excluding diaryl/α,β-unsaturated/α-hetero) is 1. The van der Waals surface area contributed by atoms with Crippen LogP contribution in [0.3, 0.4) is 0 Å². The van der Waals surface area contributed by atoms with Gasteiger partial charge in [0.15, 0.2) is 5.78 Å². The minimum atomic E-state index is -0.537. The molecule has 33 heavy (non-hydrogen) atoms. The van der Waals surface area contributed by atoms with Crippen LogP contribution in [0.4, 0.5) is 0 Å². The van der Waals surface area contributed by atoms with Crippen molar-refractivity contribution >= 4 is 11.7 Å². The SMILES string of the molecule is CCCCCCOc1ccc(C(=O)N2CCC3(CC2)CC(=O)c2cc(OC)ccc2O3)cc1. The lowest BCUT2D eigenvalue weighted by atomic mass is 9.82. The van der Waals surface area contributed by atoms with E-state index in [2.05, 4.69) is 6.92 Å². The number of rotatable bonds is 8. The third kappa shape index (κ3) is 5.32. The summed E-state index contributed by atoms with van der Waals surface area (Å²) in [6.07, 6.45) is 6.27. The van der Waals surface area contributed by atoms with Crippen LogP contribution >= 0.6 is 0 Å². The normalized spacial score (nSPS) is 16.8. The second-order valence-corrected chi connectivity index (χ2v) is 8.97. The Labute approximate surface area is 195 Å². The van der Waals surface area contributed by atoms with Crippen LogP contribution in [-0.2, 0) is 0 Å². The summed E-state index contributed by atoms with van der Waals surface area (Å²) in [4.78, 5) is 27.7. The van der Waals surface area contributed by atoms with Crippen molar-refractivity contribution in [2.24, 2.45) is 0 Å². The molecule has 1 spiro atoms. The number of carbonyl (C=O) groups is 2. The lowest BCUT2D eigenvalue weighted by Gasteiger charge is -2.44. The Morgan fingerprint density at radius 1 is 1.03 bits per heavy atom. The molecule has 6 nitrogen and oxygen atoms in total. The second kappa shape index (κ2) is 10.3. The molecule has 0 atom stereocenters. The minimum absolute atomic E-state index is 0.00613. The third-order valence-electron chi connectivity index (χ3n) is 6.63. The van der Waals surface area contributed by atoms with Crippen LogP contribution in [0.15, 0.2) is 42.5 Å². The van der Waals surface area contributed by atoms with Gasteiger partial charge in [-0.3, -0.25) is 9.59 Å². The van der Waals surface area contributed by atoms with E-state index >= 15 is 0 Å². The van der Waals surface area contributed by atoms with Gasteiger partial charge >= 0.3 is 0 Å². The smallest absolute Gasteiger partial charge is 0.253 e. The molecular formula is C27H33NO5. The van der Waals surface area contributed by atoms with Gasteiger partial charge in [-0.2, -0.15) is 0 Å². The summed E-state index contributed by atoms with van der Waals surface area (Å²) in [6, 6.07) is 12.7. The number of ketones is 1. The summed E-state index contributed by atoms with van der Waals surface area (Å²) in [5.41, 5.74) is 0.693. The van der Waals surface area contributed by atoms with Crippen LogP contribution in [0.2, 0.25) is 0 Å². The predicted octanol–water partition coefficient (Wildman–Crippen LogP) is 5.29. The Bertz CT molecular complexity index is 977. The Hall–Kier alpha value is -3.02. The van der Waals surface area contributed by atoms with E-state index in [1.165, 1.54) is 19.3 Å². The zero-order valence-electron chi connectivity index (χ0n) is 19.6. The van der Waals surface area contributed by atoms with Gasteiger partial charge in [0, 0.05) is 31.5 Å². The summed E-state index contributed by atoms with van der Waals surface area (Å²) in [7, 11) is 1.58. The number of hydrogen-bond donors (Lipinski definition) is 0. The number of ether oxygens (including phenoxy) is 3. The maximum Gasteiger partial charge on any atom is 0.253 e. The average molecular weight is 452 g/mol. The Morgan fingerprint density at radius 3 is 2.45 bits per heavy atom. The molecule has 2 aromatic rings. The fourth-order valence-corrected chi connectivity index (χ4v) is 4.59. The van der Waals surface area contributed by atoms with Crippen LogP contribution in [0.25, 0.3) is 0 Å². The maximum absolute atomic E-state index is 13.0. The number of nitrogens with zero attached hydrogens (tertiary/aromatic N) is 1. The number of fused-ring (bicyclic) bond motifs is 1. The molecule has 1 saturated heterocycles. The molecule has 176 valence electrons. The highest BCUT2D eigenvalue weighted by Gasteiger charge is 2.43. The molecule has 0 N–H and O–H groups in total. The zero-order chi connectivity index (χ0) is 23.3. The van der Waals surface area contributed by atoms with Gasteiger partial charge in [-0.05, 0) is 48.9 Å². The molecule has 0 aromatic heterocycles. The first-order chi connectivity index (χ1) is 16.0. The van der Waals surface area contributed by atoms with E-state index in [1.807, 2.05) is 35.2 Å². The molecule has 4 rings (SSSR count). The Kier molecular flexibility index (Phi) is 7.21. The molecule has 0 aliphatic carbocycles. The van der Waals surface area contributed by atoms with E-state index < -0.39 is 5.60 Å². The fourth-order valence-electron chi connectivity index (χ4n) is 4.59.